The van der Waals surface area contributed by atoms with Crippen LogP contribution in [-0.4, -0.2) is 22.1 Å². The van der Waals surface area contributed by atoms with Crippen molar-refractivity contribution in [3.8, 4) is 5.69 Å². The maximum absolute atomic E-state index is 11.9. The van der Waals surface area contributed by atoms with E-state index in [4.69, 9.17) is 4.74 Å². The number of hydrogen-bond acceptors (Lipinski definition) is 3. The highest BCUT2D eigenvalue weighted by Gasteiger charge is 2.10. The number of ether oxygens (including phenoxy) is 1. The molecule has 23 heavy (non-hydrogen) atoms. The van der Waals surface area contributed by atoms with Crippen molar-refractivity contribution in [2.75, 3.05) is 6.61 Å². The van der Waals surface area contributed by atoms with Crippen molar-refractivity contribution in [3.63, 3.8) is 0 Å². The molecule has 0 N–H and O–H groups in total. The second-order valence-electron chi connectivity index (χ2n) is 5.23. The van der Waals surface area contributed by atoms with E-state index in [9.17, 15) is 4.79 Å². The van der Waals surface area contributed by atoms with Gasteiger partial charge in [-0.3, -0.25) is 4.98 Å². The normalized spacial score (nSPS) is 11.7. The molecule has 3 rings (SSSR count). The Morgan fingerprint density at radius 2 is 2.09 bits per heavy atom. The van der Waals surface area contributed by atoms with E-state index in [0.717, 1.165) is 22.2 Å². The maximum Gasteiger partial charge on any atom is 0.333 e. The fraction of sp³-hybridized carbons (Fsp3) is 0.158. The summed E-state index contributed by atoms with van der Waals surface area (Å²) in [6.45, 7) is 3.95. The van der Waals surface area contributed by atoms with Crippen LogP contribution in [0.15, 0.2) is 60.6 Å². The first-order chi connectivity index (χ1) is 11.2. The molecule has 0 atom stereocenters. The predicted octanol–water partition coefficient (Wildman–Crippen LogP) is 3.99. The number of carbonyl (C=O) groups excluding carboxylic acids is 1. The van der Waals surface area contributed by atoms with Crippen molar-refractivity contribution >= 4 is 22.9 Å². The van der Waals surface area contributed by atoms with Gasteiger partial charge in [-0.2, -0.15) is 0 Å². The van der Waals surface area contributed by atoms with Gasteiger partial charge in [-0.25, -0.2) is 4.79 Å². The van der Waals surface area contributed by atoms with Crippen LogP contribution in [0, 0.1) is 0 Å². The molecule has 0 aliphatic heterocycles. The molecule has 1 aromatic carbocycles. The summed E-state index contributed by atoms with van der Waals surface area (Å²) < 4.78 is 7.13. The number of rotatable bonds is 4. The lowest BCUT2D eigenvalue weighted by atomic mass is 10.1. The van der Waals surface area contributed by atoms with E-state index in [1.165, 1.54) is 0 Å². The van der Waals surface area contributed by atoms with E-state index in [2.05, 4.69) is 15.6 Å². The van der Waals surface area contributed by atoms with Crippen molar-refractivity contribution in [2.24, 2.45) is 0 Å². The third-order valence-electron chi connectivity index (χ3n) is 3.64. The van der Waals surface area contributed by atoms with E-state index in [1.54, 1.807) is 20.0 Å². The fourth-order valence-electron chi connectivity index (χ4n) is 2.57. The van der Waals surface area contributed by atoms with E-state index >= 15 is 0 Å². The monoisotopic (exact) mass is 306 g/mol. The summed E-state index contributed by atoms with van der Waals surface area (Å²) in [5, 5.41) is 1.08. The summed E-state index contributed by atoms with van der Waals surface area (Å²) in [5.41, 5.74) is 3.62. The Kier molecular flexibility index (Phi) is 4.24. The quantitative estimate of drug-likeness (QED) is 0.541. The van der Waals surface area contributed by atoms with Gasteiger partial charge in [-0.1, -0.05) is 18.2 Å². The second-order valence-corrected chi connectivity index (χ2v) is 5.23. The zero-order chi connectivity index (χ0) is 16.2. The Morgan fingerprint density at radius 3 is 2.83 bits per heavy atom. The molecule has 2 aromatic heterocycles. The van der Waals surface area contributed by atoms with Gasteiger partial charge >= 0.3 is 5.97 Å². The zero-order valence-corrected chi connectivity index (χ0v) is 13.2. The van der Waals surface area contributed by atoms with Crippen molar-refractivity contribution < 1.29 is 9.53 Å². The van der Waals surface area contributed by atoms with E-state index < -0.39 is 0 Å². The highest BCUT2D eigenvalue weighted by Crippen LogP contribution is 2.26. The van der Waals surface area contributed by atoms with Gasteiger partial charge in [0.15, 0.2) is 0 Å². The molecule has 4 heteroatoms. The van der Waals surface area contributed by atoms with Gasteiger partial charge in [0.2, 0.25) is 0 Å². The molecule has 0 radical (unpaired) electrons. The van der Waals surface area contributed by atoms with Gasteiger partial charge in [0, 0.05) is 28.9 Å². The summed E-state index contributed by atoms with van der Waals surface area (Å²) in [5.74, 6) is -0.286. The summed E-state index contributed by atoms with van der Waals surface area (Å²) in [6, 6.07) is 12.0. The first kappa shape index (κ1) is 15.0. The summed E-state index contributed by atoms with van der Waals surface area (Å²) in [4.78, 5) is 16.0. The summed E-state index contributed by atoms with van der Waals surface area (Å²) in [7, 11) is 0. The number of hydrogen-bond donors (Lipinski definition) is 0. The number of esters is 1. The lowest BCUT2D eigenvalue weighted by Crippen LogP contribution is -2.04. The molecule has 0 unspecified atom stereocenters. The SMILES string of the molecule is CCOC(=O)C(C)=Cc1cn(-c2cccnc2)c2ccccc12. The molecule has 4 nitrogen and oxygen atoms in total. The largest absolute Gasteiger partial charge is 0.463 e. The molecule has 0 saturated carbocycles. The van der Waals surface area contributed by atoms with Crippen LogP contribution in [0.4, 0.5) is 0 Å². The van der Waals surface area contributed by atoms with Crippen LogP contribution in [0.1, 0.15) is 19.4 Å². The van der Waals surface area contributed by atoms with Crippen LogP contribution < -0.4 is 0 Å². The van der Waals surface area contributed by atoms with Crippen molar-refractivity contribution in [1.29, 1.82) is 0 Å². The van der Waals surface area contributed by atoms with Gasteiger partial charge < -0.3 is 9.30 Å². The van der Waals surface area contributed by atoms with Crippen LogP contribution in [0.3, 0.4) is 0 Å². The Labute approximate surface area is 135 Å². The Balaban J connectivity index is 2.12. The number of fused-ring (bicyclic) bond motifs is 1. The minimum atomic E-state index is -0.286. The lowest BCUT2D eigenvalue weighted by molar-refractivity contribution is -0.138. The Bertz CT molecular complexity index is 863. The van der Waals surface area contributed by atoms with Gasteiger partial charge in [-0.15, -0.1) is 0 Å². The average molecular weight is 306 g/mol. The molecule has 0 fully saturated rings. The first-order valence-electron chi connectivity index (χ1n) is 7.56. The van der Waals surface area contributed by atoms with Crippen molar-refractivity contribution in [2.45, 2.75) is 13.8 Å². The molecule has 0 saturated heterocycles. The van der Waals surface area contributed by atoms with E-state index in [0.29, 0.717) is 12.2 Å². The summed E-state index contributed by atoms with van der Waals surface area (Å²) >= 11 is 0. The van der Waals surface area contributed by atoms with Gasteiger partial charge in [0.05, 0.1) is 24.0 Å². The van der Waals surface area contributed by atoms with Crippen molar-refractivity contribution in [3.05, 3.63) is 66.1 Å². The minimum Gasteiger partial charge on any atom is -0.463 e. The number of pyridine rings is 1. The third kappa shape index (κ3) is 3.01. The topological polar surface area (TPSA) is 44.1 Å². The second kappa shape index (κ2) is 6.48. The zero-order valence-electron chi connectivity index (χ0n) is 13.2. The molecule has 0 aliphatic rings. The molecule has 0 bridgehead atoms. The van der Waals surface area contributed by atoms with Gasteiger partial charge in [0.25, 0.3) is 0 Å². The van der Waals surface area contributed by atoms with E-state index in [-0.39, 0.29) is 5.97 Å². The minimum absolute atomic E-state index is 0.286. The molecule has 0 amide bonds. The highest BCUT2D eigenvalue weighted by atomic mass is 16.5. The first-order valence-corrected chi connectivity index (χ1v) is 7.56. The van der Waals surface area contributed by atoms with Crippen LogP contribution in [-0.2, 0) is 9.53 Å². The van der Waals surface area contributed by atoms with Crippen LogP contribution in [0.5, 0.6) is 0 Å². The highest BCUT2D eigenvalue weighted by molar-refractivity contribution is 5.98. The molecular formula is C19H18N2O2. The predicted molar refractivity (Wildman–Crippen MR) is 91.4 cm³/mol. The number of nitrogens with zero attached hydrogens (tertiary/aromatic N) is 2. The van der Waals surface area contributed by atoms with Crippen LogP contribution in [0.2, 0.25) is 0 Å². The molecule has 3 aromatic rings. The third-order valence-corrected chi connectivity index (χ3v) is 3.64. The number of aromatic nitrogens is 2. The number of carbonyl (C=O) groups is 1. The van der Waals surface area contributed by atoms with Crippen LogP contribution in [0.25, 0.3) is 22.7 Å². The number of para-hydroxylation sites is 1. The van der Waals surface area contributed by atoms with Crippen LogP contribution >= 0.6 is 0 Å². The Morgan fingerprint density at radius 1 is 1.26 bits per heavy atom. The number of benzene rings is 1. The molecule has 0 spiro atoms. The van der Waals surface area contributed by atoms with Gasteiger partial charge in [0.1, 0.15) is 0 Å². The summed E-state index contributed by atoms with van der Waals surface area (Å²) in [6.07, 6.45) is 7.46. The smallest absolute Gasteiger partial charge is 0.333 e. The molecule has 0 aliphatic carbocycles. The Hall–Kier alpha value is -2.88. The average Bonchev–Trinajstić information content (AvgIpc) is 2.95. The standard InChI is InChI=1S/C19H18N2O2/c1-3-23-19(22)14(2)11-15-13-21(16-7-6-10-20-12-16)18-9-5-4-8-17(15)18/h4-13H,3H2,1-2H3. The molecule has 2 heterocycles. The molecule has 116 valence electrons. The van der Waals surface area contributed by atoms with Crippen molar-refractivity contribution in [1.82, 2.24) is 9.55 Å². The molecular weight excluding hydrogens is 288 g/mol. The fourth-order valence-corrected chi connectivity index (χ4v) is 2.57. The van der Waals surface area contributed by atoms with Gasteiger partial charge in [-0.05, 0) is 38.1 Å². The van der Waals surface area contributed by atoms with E-state index in [1.807, 2.05) is 48.8 Å². The maximum atomic E-state index is 11.9. The lowest BCUT2D eigenvalue weighted by Gasteiger charge is -2.03.